The predicted octanol–water partition coefficient (Wildman–Crippen LogP) is 3.76. The van der Waals surface area contributed by atoms with E-state index in [2.05, 4.69) is 48.3 Å². The number of aromatic amines is 1. The number of piperidine rings is 1. The van der Waals surface area contributed by atoms with Gasteiger partial charge in [0.2, 0.25) is 5.88 Å². The summed E-state index contributed by atoms with van der Waals surface area (Å²) in [5.41, 5.74) is 4.89. The summed E-state index contributed by atoms with van der Waals surface area (Å²) in [7, 11) is 1.64. The first-order chi connectivity index (χ1) is 18.7. The molecule has 8 rings (SSSR count). The van der Waals surface area contributed by atoms with Crippen molar-refractivity contribution < 1.29 is 9.47 Å². The molecular weight excluding hydrogens is 504 g/mol. The third kappa shape index (κ3) is 4.00. The van der Waals surface area contributed by atoms with Crippen LogP contribution in [0.2, 0.25) is 0 Å². The van der Waals surface area contributed by atoms with Gasteiger partial charge in [0, 0.05) is 61.3 Å². The third-order valence-electron chi connectivity index (χ3n) is 7.55. The number of H-pyrrole nitrogens is 1. The number of nitrogens with zero attached hydrogens (tertiary/aromatic N) is 7. The van der Waals surface area contributed by atoms with Crippen molar-refractivity contribution in [1.29, 1.82) is 0 Å². The van der Waals surface area contributed by atoms with Crippen molar-refractivity contribution in [1.82, 2.24) is 34.7 Å². The van der Waals surface area contributed by atoms with E-state index in [-0.39, 0.29) is 0 Å². The normalized spacial score (nSPS) is 19.2. The van der Waals surface area contributed by atoms with Gasteiger partial charge in [-0.15, -0.1) is 16.7 Å². The highest BCUT2D eigenvalue weighted by Crippen LogP contribution is 2.37. The second-order valence-corrected chi connectivity index (χ2v) is 10.2. The minimum Gasteiger partial charge on any atom is -0.491 e. The molecule has 1 N–H and O–H groups in total. The standard InChI is InChI=1S/C27H27ClN8O2/c1-37-25-5-2-17(10-30-25)13-35-19-8-20(35)15-34(14-19)24-4-3-18(11-29-24)22-9-21(38-7-6-28)16-36-26(22)23-12-31-32-27(23)33-36/h2-5,9-12,16,19-20H,6-8,13-15H2,1H3,(H,32,33)/t19-,20?/m1/s1. The molecule has 1 unspecified atom stereocenters. The van der Waals surface area contributed by atoms with Gasteiger partial charge in [0.05, 0.1) is 36.3 Å². The van der Waals surface area contributed by atoms with Gasteiger partial charge in [0.25, 0.3) is 0 Å². The maximum Gasteiger partial charge on any atom is 0.212 e. The first-order valence-corrected chi connectivity index (χ1v) is 13.2. The number of hydrogen-bond acceptors (Lipinski definition) is 8. The lowest BCUT2D eigenvalue weighted by molar-refractivity contribution is -0.00876. The molecule has 3 fully saturated rings. The Morgan fingerprint density at radius 3 is 2.71 bits per heavy atom. The molecule has 3 aliphatic heterocycles. The number of ether oxygens (including phenoxy) is 2. The number of rotatable bonds is 8. The van der Waals surface area contributed by atoms with Crippen LogP contribution in [0.4, 0.5) is 5.82 Å². The molecule has 0 amide bonds. The second kappa shape index (κ2) is 9.45. The molecule has 0 spiro atoms. The van der Waals surface area contributed by atoms with Crippen molar-refractivity contribution in [3.05, 3.63) is 60.7 Å². The highest BCUT2D eigenvalue weighted by atomic mass is 35.5. The Hall–Kier alpha value is -3.89. The van der Waals surface area contributed by atoms with Crippen molar-refractivity contribution >= 4 is 34.0 Å². The number of pyridine rings is 3. The number of alkyl halides is 1. The molecule has 3 saturated heterocycles. The van der Waals surface area contributed by atoms with Gasteiger partial charge in [0.15, 0.2) is 5.65 Å². The van der Waals surface area contributed by atoms with E-state index in [1.165, 1.54) is 12.0 Å². The first-order valence-electron chi connectivity index (χ1n) is 12.7. The molecule has 194 valence electrons. The molecule has 38 heavy (non-hydrogen) atoms. The summed E-state index contributed by atoms with van der Waals surface area (Å²) in [4.78, 5) is 14.2. The Balaban J connectivity index is 1.11. The first kappa shape index (κ1) is 23.2. The van der Waals surface area contributed by atoms with Crippen LogP contribution in [0.5, 0.6) is 11.6 Å². The largest absolute Gasteiger partial charge is 0.491 e. The van der Waals surface area contributed by atoms with Gasteiger partial charge in [-0.25, -0.2) is 14.5 Å². The van der Waals surface area contributed by atoms with Crippen LogP contribution in [0.1, 0.15) is 12.0 Å². The van der Waals surface area contributed by atoms with Crippen LogP contribution >= 0.6 is 11.6 Å². The van der Waals surface area contributed by atoms with Crippen molar-refractivity contribution in [3.63, 3.8) is 0 Å². The number of piperazine rings is 1. The number of fused-ring (bicyclic) bond motifs is 5. The summed E-state index contributed by atoms with van der Waals surface area (Å²) in [5, 5.41) is 12.7. The molecule has 0 saturated carbocycles. The topological polar surface area (TPSA) is 96.7 Å². The molecule has 2 bridgehead atoms. The zero-order chi connectivity index (χ0) is 25.6. The molecule has 10 nitrogen and oxygen atoms in total. The van der Waals surface area contributed by atoms with Crippen LogP contribution in [0.15, 0.2) is 55.1 Å². The number of halogens is 1. The minimum absolute atomic E-state index is 0.416. The Morgan fingerprint density at radius 1 is 1.08 bits per heavy atom. The number of methoxy groups -OCH3 is 1. The SMILES string of the molecule is COc1ccc(CN2C3C[C@@H]2CN(c2ccc(-c4cc(OCCCl)cn5nc6[nH]ncc6c45)cn2)C3)cn1. The van der Waals surface area contributed by atoms with E-state index in [0.717, 1.165) is 53.1 Å². The monoisotopic (exact) mass is 530 g/mol. The Labute approximate surface area is 224 Å². The zero-order valence-electron chi connectivity index (χ0n) is 20.9. The fraction of sp³-hybridized carbons (Fsp3) is 0.333. The summed E-state index contributed by atoms with van der Waals surface area (Å²) in [6.07, 6.45) is 8.75. The molecular formula is C27H27ClN8O2. The van der Waals surface area contributed by atoms with Crippen molar-refractivity contribution in [2.75, 3.05) is 37.6 Å². The van der Waals surface area contributed by atoms with Crippen LogP contribution in [0.25, 0.3) is 27.7 Å². The number of nitrogens with one attached hydrogen (secondary N) is 1. The van der Waals surface area contributed by atoms with Crippen molar-refractivity contribution in [2.45, 2.75) is 25.0 Å². The summed E-state index contributed by atoms with van der Waals surface area (Å²) >= 11 is 5.85. The summed E-state index contributed by atoms with van der Waals surface area (Å²) < 4.78 is 12.9. The smallest absolute Gasteiger partial charge is 0.212 e. The molecule has 5 aromatic heterocycles. The van der Waals surface area contributed by atoms with Crippen molar-refractivity contribution in [2.24, 2.45) is 0 Å². The van der Waals surface area contributed by atoms with Gasteiger partial charge >= 0.3 is 0 Å². The van der Waals surface area contributed by atoms with Gasteiger partial charge in [-0.2, -0.15) is 5.10 Å². The lowest BCUT2D eigenvalue weighted by atomic mass is 9.87. The maximum absolute atomic E-state index is 5.85. The highest BCUT2D eigenvalue weighted by molar-refractivity contribution is 6.18. The molecule has 11 heteroatoms. The second-order valence-electron chi connectivity index (χ2n) is 9.79. The predicted molar refractivity (Wildman–Crippen MR) is 145 cm³/mol. The quantitative estimate of drug-likeness (QED) is 0.303. The van der Waals surface area contributed by atoms with E-state index in [9.17, 15) is 0 Å². The lowest BCUT2D eigenvalue weighted by Crippen LogP contribution is -2.68. The molecule has 0 aromatic carbocycles. The van der Waals surface area contributed by atoms with Crippen LogP contribution < -0.4 is 14.4 Å². The van der Waals surface area contributed by atoms with Gasteiger partial charge in [0.1, 0.15) is 18.2 Å². The van der Waals surface area contributed by atoms with E-state index in [4.69, 9.17) is 26.1 Å². The third-order valence-corrected chi connectivity index (χ3v) is 7.70. The molecule has 0 radical (unpaired) electrons. The molecule has 5 aromatic rings. The fourth-order valence-corrected chi connectivity index (χ4v) is 5.77. The van der Waals surface area contributed by atoms with E-state index in [1.54, 1.807) is 13.3 Å². The molecule has 2 atom stereocenters. The minimum atomic E-state index is 0.416. The zero-order valence-corrected chi connectivity index (χ0v) is 21.7. The Morgan fingerprint density at radius 2 is 1.97 bits per heavy atom. The van der Waals surface area contributed by atoms with E-state index < -0.39 is 0 Å². The van der Waals surface area contributed by atoms with Gasteiger partial charge < -0.3 is 14.4 Å². The van der Waals surface area contributed by atoms with Crippen LogP contribution in [-0.4, -0.2) is 79.4 Å². The van der Waals surface area contributed by atoms with Crippen LogP contribution in [0, 0.1) is 0 Å². The van der Waals surface area contributed by atoms with Crippen LogP contribution in [-0.2, 0) is 6.54 Å². The average Bonchev–Trinajstić information content (AvgIpc) is 3.56. The number of aromatic nitrogens is 6. The summed E-state index contributed by atoms with van der Waals surface area (Å²) in [5.74, 6) is 2.77. The van der Waals surface area contributed by atoms with Crippen LogP contribution in [0.3, 0.4) is 0 Å². The van der Waals surface area contributed by atoms with E-state index in [0.29, 0.717) is 36.2 Å². The Kier molecular flexibility index (Phi) is 5.78. The van der Waals surface area contributed by atoms with Gasteiger partial charge in [-0.05, 0) is 30.2 Å². The average molecular weight is 531 g/mol. The molecule has 8 heterocycles. The fourth-order valence-electron chi connectivity index (χ4n) is 5.70. The maximum atomic E-state index is 5.85. The highest BCUT2D eigenvalue weighted by Gasteiger charge is 2.44. The van der Waals surface area contributed by atoms with E-state index >= 15 is 0 Å². The van der Waals surface area contributed by atoms with Gasteiger partial charge in [-0.3, -0.25) is 10.00 Å². The molecule has 0 aliphatic carbocycles. The number of anilines is 1. The number of hydrogen-bond donors (Lipinski definition) is 1. The van der Waals surface area contributed by atoms with Crippen molar-refractivity contribution in [3.8, 4) is 22.8 Å². The van der Waals surface area contributed by atoms with E-state index in [1.807, 2.05) is 35.2 Å². The lowest BCUT2D eigenvalue weighted by Gasteiger charge is -2.56. The summed E-state index contributed by atoms with van der Waals surface area (Å²) in [6.45, 7) is 3.28. The molecule has 3 aliphatic rings. The Bertz CT molecular complexity index is 1570. The summed E-state index contributed by atoms with van der Waals surface area (Å²) in [6, 6.07) is 11.3. The van der Waals surface area contributed by atoms with Gasteiger partial charge in [-0.1, -0.05) is 6.07 Å².